The van der Waals surface area contributed by atoms with E-state index in [1.165, 1.54) is 0 Å². The summed E-state index contributed by atoms with van der Waals surface area (Å²) in [4.78, 5) is 39.1. The van der Waals surface area contributed by atoms with Crippen LogP contribution in [-0.2, 0) is 28.6 Å². The molecular weight excluding hydrogens is 696 g/mol. The summed E-state index contributed by atoms with van der Waals surface area (Å²) in [5.41, 5.74) is -2.16. The van der Waals surface area contributed by atoms with Gasteiger partial charge in [0, 0.05) is 27.5 Å². The molecule has 4 aliphatic rings. The third-order valence-corrected chi connectivity index (χ3v) is 16.2. The van der Waals surface area contributed by atoms with Gasteiger partial charge in [-0.3, -0.25) is 0 Å². The minimum Gasteiger partial charge on any atom is -0.462 e. The van der Waals surface area contributed by atoms with Gasteiger partial charge in [-0.05, 0) is 127 Å². The second-order valence-electron chi connectivity index (χ2n) is 19.5. The molecule has 4 saturated carbocycles. The van der Waals surface area contributed by atoms with Gasteiger partial charge < -0.3 is 29.5 Å². The average molecular weight is 769 g/mol. The third-order valence-electron chi connectivity index (χ3n) is 16.2. The maximum atomic E-state index is 13.2. The van der Waals surface area contributed by atoms with Gasteiger partial charge in [-0.25, -0.2) is 14.4 Å². The van der Waals surface area contributed by atoms with E-state index >= 15 is 0 Å². The Labute approximate surface area is 331 Å². The number of carbonyl (C=O) groups excluding carboxylic acids is 3. The van der Waals surface area contributed by atoms with Gasteiger partial charge in [0.1, 0.15) is 18.8 Å². The average Bonchev–Trinajstić information content (AvgIpc) is 3.13. The highest BCUT2D eigenvalue weighted by Crippen LogP contribution is 2.73. The fourth-order valence-electron chi connectivity index (χ4n) is 12.0. The number of allylic oxidation sites excluding steroid dienone is 4. The van der Waals surface area contributed by atoms with Gasteiger partial charge in [0.05, 0.1) is 24.2 Å². The Morgan fingerprint density at radius 2 is 1.27 bits per heavy atom. The highest BCUT2D eigenvalue weighted by molar-refractivity contribution is 5.88. The number of rotatable bonds is 11. The van der Waals surface area contributed by atoms with E-state index in [2.05, 4.69) is 34.3 Å². The van der Waals surface area contributed by atoms with Gasteiger partial charge in [0.2, 0.25) is 0 Å². The fourth-order valence-corrected chi connectivity index (χ4v) is 12.0. The number of carbonyl (C=O) groups is 3. The van der Waals surface area contributed by atoms with E-state index in [0.717, 1.165) is 25.7 Å². The van der Waals surface area contributed by atoms with E-state index in [0.29, 0.717) is 42.4 Å². The first-order valence-corrected chi connectivity index (χ1v) is 20.6. The van der Waals surface area contributed by atoms with Crippen molar-refractivity contribution in [3.63, 3.8) is 0 Å². The molecule has 0 amide bonds. The Hall–Kier alpha value is -2.75. The molecule has 0 bridgehead atoms. The molecule has 4 rings (SSSR count). The predicted molar refractivity (Wildman–Crippen MR) is 214 cm³/mol. The van der Waals surface area contributed by atoms with Crippen LogP contribution in [0.15, 0.2) is 47.6 Å². The van der Waals surface area contributed by atoms with Crippen molar-refractivity contribution >= 4 is 17.9 Å². The lowest BCUT2D eigenvalue weighted by Gasteiger charge is -2.70. The monoisotopic (exact) mass is 769 g/mol. The molecule has 0 aliphatic heterocycles. The minimum absolute atomic E-state index is 0.0671. The Balaban J connectivity index is 1.78. The normalized spacial score (nSPS) is 42.0. The second kappa shape index (κ2) is 16.2. The first-order valence-electron chi connectivity index (χ1n) is 20.6. The van der Waals surface area contributed by atoms with E-state index in [1.807, 2.05) is 26.8 Å². The third kappa shape index (κ3) is 7.56. The maximum absolute atomic E-state index is 13.2. The molecule has 0 aromatic heterocycles. The number of aliphatic hydroxyl groups is 3. The molecule has 0 spiro atoms. The van der Waals surface area contributed by atoms with Gasteiger partial charge >= 0.3 is 17.9 Å². The second-order valence-corrected chi connectivity index (χ2v) is 19.5. The van der Waals surface area contributed by atoms with Crippen LogP contribution in [0.5, 0.6) is 0 Å². The van der Waals surface area contributed by atoms with Crippen molar-refractivity contribution in [2.75, 3.05) is 13.2 Å². The molecule has 0 saturated heterocycles. The highest BCUT2D eigenvalue weighted by Gasteiger charge is 2.71. The number of hydrogen-bond acceptors (Lipinski definition) is 9. The summed E-state index contributed by atoms with van der Waals surface area (Å²) < 4.78 is 17.9. The van der Waals surface area contributed by atoms with Crippen LogP contribution in [0.3, 0.4) is 0 Å². The zero-order valence-corrected chi connectivity index (χ0v) is 35.9. The van der Waals surface area contributed by atoms with Crippen molar-refractivity contribution in [2.45, 2.75) is 159 Å². The Bertz CT molecular complexity index is 1570. The van der Waals surface area contributed by atoms with Crippen molar-refractivity contribution in [2.24, 2.45) is 50.2 Å². The Morgan fingerprint density at radius 3 is 1.82 bits per heavy atom. The molecule has 0 aromatic rings. The lowest BCUT2D eigenvalue weighted by atomic mass is 9.35. The summed E-state index contributed by atoms with van der Waals surface area (Å²) in [7, 11) is 0. The molecule has 9 heteroatoms. The molecule has 3 N–H and O–H groups in total. The number of hydrogen-bond donors (Lipinski definition) is 3. The fraction of sp³-hybridized carbons (Fsp3) is 0.761. The molecule has 0 heterocycles. The standard InChI is InChI=1S/C46H72O9/c1-14-18-33-43(11)21-20-34(47)44(12,26-53-38(50)28(5)15-2)32(43)19-22-45(33,13)42(10)24-31-23-41(8,9)37(55-40(52)30(7)17-4)36(49)46(31,35(48)25-42)27-54-39(51)29(6)16-3/h14-17,31-37,47-49H,1,18-27H2,2-13H3/b28-15-,29-16-,30-17-/t31?,32?,33?,34-,35+,36-,37-,42-,43-,44+,45+,46-/m0/s1. The first-order chi connectivity index (χ1) is 25.5. The summed E-state index contributed by atoms with van der Waals surface area (Å²) >= 11 is 0. The Kier molecular flexibility index (Phi) is 13.3. The van der Waals surface area contributed by atoms with Crippen LogP contribution in [0, 0.1) is 50.2 Å². The SMILES string of the molecule is C=CCC1[C@@]2(C)CC[C@H](O)[C@](C)(COC(=O)/C(C)=C\C)C2CC[C@@]1(C)[C@@]1(C)CC2CC(C)(C)[C@@H](OC(=O)/C(C)=C\C)[C@H](O)[C@]2(COC(=O)/C(C)=C\C)[C@H](O)C1. The van der Waals surface area contributed by atoms with E-state index in [-0.39, 0.29) is 47.8 Å². The lowest BCUT2D eigenvalue weighted by molar-refractivity contribution is -0.279. The Morgan fingerprint density at radius 1 is 0.727 bits per heavy atom. The van der Waals surface area contributed by atoms with E-state index in [9.17, 15) is 29.7 Å². The predicted octanol–water partition coefficient (Wildman–Crippen LogP) is 8.21. The van der Waals surface area contributed by atoms with Crippen LogP contribution < -0.4 is 0 Å². The van der Waals surface area contributed by atoms with Gasteiger partial charge in [-0.2, -0.15) is 0 Å². The van der Waals surface area contributed by atoms with Crippen LogP contribution in [0.2, 0.25) is 0 Å². The first kappa shape index (κ1) is 45.0. The van der Waals surface area contributed by atoms with Gasteiger partial charge in [0.15, 0.2) is 0 Å². The number of esters is 3. The van der Waals surface area contributed by atoms with Gasteiger partial charge in [0.25, 0.3) is 0 Å². The molecule has 0 radical (unpaired) electrons. The van der Waals surface area contributed by atoms with E-state index < -0.39 is 58.0 Å². The molecule has 55 heavy (non-hydrogen) atoms. The topological polar surface area (TPSA) is 140 Å². The summed E-state index contributed by atoms with van der Waals surface area (Å²) in [6.45, 7) is 27.7. The quantitative estimate of drug-likeness (QED) is 0.0822. The maximum Gasteiger partial charge on any atom is 0.333 e. The van der Waals surface area contributed by atoms with Crippen molar-refractivity contribution < 1.29 is 43.9 Å². The van der Waals surface area contributed by atoms with E-state index in [1.54, 1.807) is 52.8 Å². The highest BCUT2D eigenvalue weighted by atomic mass is 16.6. The lowest BCUT2D eigenvalue weighted by Crippen LogP contribution is -2.71. The van der Waals surface area contributed by atoms with Crippen LogP contribution in [-0.4, -0.2) is 70.9 Å². The summed E-state index contributed by atoms with van der Waals surface area (Å²) in [6.07, 6.45) is 8.46. The summed E-state index contributed by atoms with van der Waals surface area (Å²) in [6, 6.07) is 0. The van der Waals surface area contributed by atoms with Crippen molar-refractivity contribution in [1.29, 1.82) is 0 Å². The zero-order valence-electron chi connectivity index (χ0n) is 35.9. The molecule has 12 atom stereocenters. The zero-order chi connectivity index (χ0) is 41.5. The van der Waals surface area contributed by atoms with Crippen molar-refractivity contribution in [3.8, 4) is 0 Å². The minimum atomic E-state index is -1.30. The van der Waals surface area contributed by atoms with Gasteiger partial charge in [-0.15, -0.1) is 6.58 Å². The van der Waals surface area contributed by atoms with Crippen molar-refractivity contribution in [1.82, 2.24) is 0 Å². The van der Waals surface area contributed by atoms with E-state index in [4.69, 9.17) is 14.2 Å². The molecule has 9 nitrogen and oxygen atoms in total. The molecule has 4 aliphatic carbocycles. The smallest absolute Gasteiger partial charge is 0.333 e. The molecular formula is C46H72O9. The number of fused-ring (bicyclic) bond motifs is 2. The van der Waals surface area contributed by atoms with Crippen LogP contribution >= 0.6 is 0 Å². The van der Waals surface area contributed by atoms with Gasteiger partial charge in [-0.1, -0.05) is 65.8 Å². The van der Waals surface area contributed by atoms with Crippen molar-refractivity contribution in [3.05, 3.63) is 47.6 Å². The molecule has 310 valence electrons. The number of aliphatic hydroxyl groups excluding tert-OH is 3. The summed E-state index contributed by atoms with van der Waals surface area (Å²) in [5.74, 6) is -1.48. The number of ether oxygens (including phenoxy) is 3. The largest absolute Gasteiger partial charge is 0.462 e. The molecule has 0 aromatic carbocycles. The summed E-state index contributed by atoms with van der Waals surface area (Å²) in [5, 5.41) is 36.8. The van der Waals surface area contributed by atoms with Crippen LogP contribution in [0.1, 0.15) is 134 Å². The van der Waals surface area contributed by atoms with Crippen LogP contribution in [0.4, 0.5) is 0 Å². The van der Waals surface area contributed by atoms with Crippen LogP contribution in [0.25, 0.3) is 0 Å². The molecule has 3 unspecified atom stereocenters. The molecule has 4 fully saturated rings.